The van der Waals surface area contributed by atoms with E-state index in [-0.39, 0.29) is 5.54 Å². The lowest BCUT2D eigenvalue weighted by molar-refractivity contribution is 0.324. The molecule has 2 heteroatoms. The molecule has 0 aliphatic heterocycles. The van der Waals surface area contributed by atoms with Crippen LogP contribution >= 0.6 is 0 Å². The summed E-state index contributed by atoms with van der Waals surface area (Å²) in [5.41, 5.74) is 8.82. The Labute approximate surface area is 97.8 Å². The number of aryl methyl sites for hydroxylation is 1. The van der Waals surface area contributed by atoms with Crippen LogP contribution in [-0.2, 0) is 5.54 Å². The van der Waals surface area contributed by atoms with Gasteiger partial charge in [-0.05, 0) is 31.7 Å². The van der Waals surface area contributed by atoms with Gasteiger partial charge in [-0.3, -0.25) is 0 Å². The fraction of sp³-hybridized carbons (Fsp3) is 0.571. The van der Waals surface area contributed by atoms with Crippen LogP contribution in [-0.4, -0.2) is 7.11 Å². The minimum atomic E-state index is -0.197. The van der Waals surface area contributed by atoms with E-state index in [2.05, 4.69) is 26.0 Å². The number of rotatable bonds is 2. The van der Waals surface area contributed by atoms with Crippen molar-refractivity contribution < 1.29 is 4.74 Å². The van der Waals surface area contributed by atoms with Crippen LogP contribution in [0.5, 0.6) is 5.75 Å². The van der Waals surface area contributed by atoms with Crippen molar-refractivity contribution in [3.8, 4) is 5.75 Å². The molecule has 0 heterocycles. The Morgan fingerprint density at radius 2 is 2.19 bits per heavy atom. The van der Waals surface area contributed by atoms with Gasteiger partial charge in [-0.1, -0.05) is 31.0 Å². The fourth-order valence-corrected chi connectivity index (χ4v) is 2.79. The molecule has 0 bridgehead atoms. The Balaban J connectivity index is 2.49. The predicted octanol–water partition coefficient (Wildman–Crippen LogP) is 2.98. The molecular formula is C14H21NO. The molecule has 0 saturated heterocycles. The molecule has 2 atom stereocenters. The quantitative estimate of drug-likeness (QED) is 0.830. The number of hydrogen-bond acceptors (Lipinski definition) is 2. The van der Waals surface area contributed by atoms with E-state index in [9.17, 15) is 0 Å². The van der Waals surface area contributed by atoms with Gasteiger partial charge in [0, 0.05) is 11.1 Å². The first-order valence-electron chi connectivity index (χ1n) is 6.02. The molecular weight excluding hydrogens is 198 g/mol. The van der Waals surface area contributed by atoms with Gasteiger partial charge in [0.15, 0.2) is 0 Å². The summed E-state index contributed by atoms with van der Waals surface area (Å²) in [5, 5.41) is 0. The van der Waals surface area contributed by atoms with E-state index >= 15 is 0 Å². The highest BCUT2D eigenvalue weighted by molar-refractivity contribution is 5.42. The maximum absolute atomic E-state index is 6.59. The van der Waals surface area contributed by atoms with E-state index in [1.54, 1.807) is 7.11 Å². The minimum absolute atomic E-state index is 0.197. The first kappa shape index (κ1) is 11.5. The van der Waals surface area contributed by atoms with E-state index in [1.807, 2.05) is 6.07 Å². The Hall–Kier alpha value is -1.02. The van der Waals surface area contributed by atoms with Crippen molar-refractivity contribution in [1.82, 2.24) is 0 Å². The molecule has 2 N–H and O–H groups in total. The normalized spacial score (nSPS) is 29.4. The van der Waals surface area contributed by atoms with Gasteiger partial charge >= 0.3 is 0 Å². The smallest absolute Gasteiger partial charge is 0.123 e. The summed E-state index contributed by atoms with van der Waals surface area (Å²) >= 11 is 0. The Kier molecular flexibility index (Phi) is 2.94. The Morgan fingerprint density at radius 1 is 1.44 bits per heavy atom. The molecule has 0 radical (unpaired) electrons. The molecule has 1 aliphatic carbocycles. The second-order valence-electron chi connectivity index (χ2n) is 5.04. The lowest BCUT2D eigenvalue weighted by Gasteiger charge is -2.31. The number of nitrogens with two attached hydrogens (primary N) is 1. The molecule has 1 aromatic rings. The molecule has 1 aliphatic rings. The van der Waals surface area contributed by atoms with Gasteiger partial charge in [0.1, 0.15) is 5.75 Å². The van der Waals surface area contributed by atoms with Crippen LogP contribution in [0.2, 0.25) is 0 Å². The van der Waals surface area contributed by atoms with Gasteiger partial charge in [0.25, 0.3) is 0 Å². The van der Waals surface area contributed by atoms with Crippen LogP contribution in [0, 0.1) is 12.8 Å². The Bertz CT molecular complexity index is 388. The van der Waals surface area contributed by atoms with Crippen molar-refractivity contribution in [3.05, 3.63) is 29.3 Å². The molecule has 88 valence electrons. The highest BCUT2D eigenvalue weighted by atomic mass is 16.5. The zero-order chi connectivity index (χ0) is 11.8. The molecule has 1 aromatic carbocycles. The first-order chi connectivity index (χ1) is 7.58. The van der Waals surface area contributed by atoms with Crippen LogP contribution in [0.1, 0.15) is 37.3 Å². The fourth-order valence-electron chi connectivity index (χ4n) is 2.79. The van der Waals surface area contributed by atoms with E-state index in [4.69, 9.17) is 10.5 Å². The second kappa shape index (κ2) is 4.10. The molecule has 0 aromatic heterocycles. The van der Waals surface area contributed by atoms with Gasteiger partial charge < -0.3 is 10.5 Å². The van der Waals surface area contributed by atoms with Gasteiger partial charge in [-0.2, -0.15) is 0 Å². The lowest BCUT2D eigenvalue weighted by atomic mass is 9.81. The minimum Gasteiger partial charge on any atom is -0.496 e. The average molecular weight is 219 g/mol. The van der Waals surface area contributed by atoms with E-state index in [1.165, 1.54) is 24.0 Å². The van der Waals surface area contributed by atoms with E-state index in [0.717, 1.165) is 12.2 Å². The zero-order valence-corrected chi connectivity index (χ0v) is 10.4. The maximum atomic E-state index is 6.59. The summed E-state index contributed by atoms with van der Waals surface area (Å²) in [6, 6.07) is 6.29. The monoisotopic (exact) mass is 219 g/mol. The van der Waals surface area contributed by atoms with E-state index in [0.29, 0.717) is 5.92 Å². The topological polar surface area (TPSA) is 35.2 Å². The zero-order valence-electron chi connectivity index (χ0n) is 10.4. The summed E-state index contributed by atoms with van der Waals surface area (Å²) in [6.45, 7) is 4.35. The van der Waals surface area contributed by atoms with Crippen LogP contribution in [0.25, 0.3) is 0 Å². The van der Waals surface area contributed by atoms with Gasteiger partial charge in [0.2, 0.25) is 0 Å². The molecule has 2 nitrogen and oxygen atoms in total. The lowest BCUT2D eigenvalue weighted by Crippen LogP contribution is -2.39. The highest BCUT2D eigenvalue weighted by Gasteiger charge is 2.39. The van der Waals surface area contributed by atoms with Crippen LogP contribution < -0.4 is 10.5 Å². The number of hydrogen-bond donors (Lipinski definition) is 1. The largest absolute Gasteiger partial charge is 0.496 e. The van der Waals surface area contributed by atoms with E-state index < -0.39 is 0 Å². The van der Waals surface area contributed by atoms with Crippen LogP contribution in [0.15, 0.2) is 18.2 Å². The Morgan fingerprint density at radius 3 is 2.75 bits per heavy atom. The first-order valence-corrected chi connectivity index (χ1v) is 6.02. The summed E-state index contributed by atoms with van der Waals surface area (Å²) in [4.78, 5) is 0. The summed E-state index contributed by atoms with van der Waals surface area (Å²) in [6.07, 6.45) is 3.50. The molecule has 0 amide bonds. The van der Waals surface area contributed by atoms with Gasteiger partial charge in [-0.25, -0.2) is 0 Å². The third-order valence-electron chi connectivity index (χ3n) is 3.96. The second-order valence-corrected chi connectivity index (χ2v) is 5.04. The molecule has 2 unspecified atom stereocenters. The third-order valence-corrected chi connectivity index (χ3v) is 3.96. The maximum Gasteiger partial charge on any atom is 0.123 e. The van der Waals surface area contributed by atoms with Crippen LogP contribution in [0.3, 0.4) is 0 Å². The standard InChI is InChI=1S/C14H21NO/c1-10-6-7-13(16-3)12(9-10)14(15)8-4-5-11(14)2/h6-7,9,11H,4-5,8,15H2,1-3H3. The summed E-state index contributed by atoms with van der Waals surface area (Å²) < 4.78 is 5.45. The van der Waals surface area contributed by atoms with Crippen molar-refractivity contribution in [2.75, 3.05) is 7.11 Å². The van der Waals surface area contributed by atoms with Crippen molar-refractivity contribution in [3.63, 3.8) is 0 Å². The number of ether oxygens (including phenoxy) is 1. The molecule has 16 heavy (non-hydrogen) atoms. The SMILES string of the molecule is COc1ccc(C)cc1C1(N)CCCC1C. The predicted molar refractivity (Wildman–Crippen MR) is 66.6 cm³/mol. The third kappa shape index (κ3) is 1.71. The highest BCUT2D eigenvalue weighted by Crippen LogP contribution is 2.44. The van der Waals surface area contributed by atoms with Gasteiger partial charge in [-0.15, -0.1) is 0 Å². The summed E-state index contributed by atoms with van der Waals surface area (Å²) in [5.74, 6) is 1.46. The average Bonchev–Trinajstić information content (AvgIpc) is 2.60. The molecule has 0 spiro atoms. The van der Waals surface area contributed by atoms with Crippen molar-refractivity contribution in [2.45, 2.75) is 38.6 Å². The number of methoxy groups -OCH3 is 1. The number of benzene rings is 1. The van der Waals surface area contributed by atoms with Crippen molar-refractivity contribution in [2.24, 2.45) is 11.7 Å². The molecule has 1 fully saturated rings. The van der Waals surface area contributed by atoms with Crippen molar-refractivity contribution in [1.29, 1.82) is 0 Å². The molecule has 1 saturated carbocycles. The van der Waals surface area contributed by atoms with Crippen LogP contribution in [0.4, 0.5) is 0 Å². The summed E-state index contributed by atoms with van der Waals surface area (Å²) in [7, 11) is 1.72. The van der Waals surface area contributed by atoms with Crippen molar-refractivity contribution >= 4 is 0 Å². The van der Waals surface area contributed by atoms with Gasteiger partial charge in [0.05, 0.1) is 7.11 Å². The molecule has 2 rings (SSSR count).